The fraction of sp³-hybridized carbons (Fsp3) is 0.765. The summed E-state index contributed by atoms with van der Waals surface area (Å²) >= 11 is 0. The average Bonchev–Trinajstić information content (AvgIpc) is 2.32. The number of ketones is 1. The molecule has 4 nitrogen and oxygen atoms in total. The van der Waals surface area contributed by atoms with Crippen molar-refractivity contribution in [2.75, 3.05) is 6.61 Å². The van der Waals surface area contributed by atoms with Crippen molar-refractivity contribution >= 4 is 20.1 Å². The Kier molecular flexibility index (Phi) is 8.26. The number of ether oxygens (including phenoxy) is 1. The van der Waals surface area contributed by atoms with E-state index in [2.05, 4.69) is 33.9 Å². The summed E-state index contributed by atoms with van der Waals surface area (Å²) in [4.78, 5) is 23.3. The maximum absolute atomic E-state index is 11.7. The quantitative estimate of drug-likeness (QED) is 0.291. The van der Waals surface area contributed by atoms with Crippen LogP contribution in [0.3, 0.4) is 0 Å². The van der Waals surface area contributed by atoms with Gasteiger partial charge in [-0.1, -0.05) is 32.9 Å². The predicted octanol–water partition coefficient (Wildman–Crippen LogP) is 4.11. The summed E-state index contributed by atoms with van der Waals surface area (Å²) < 4.78 is 11.1. The SMILES string of the molecule is CCOC(=O)C(C/C=C/[C@H](C)O[Si](C)(C)C(C)(C)C)C(C)=O. The van der Waals surface area contributed by atoms with E-state index in [4.69, 9.17) is 9.16 Å². The summed E-state index contributed by atoms with van der Waals surface area (Å²) in [5.74, 6) is -1.32. The van der Waals surface area contributed by atoms with Crippen LogP contribution >= 0.6 is 0 Å². The van der Waals surface area contributed by atoms with Crippen molar-refractivity contribution in [3.8, 4) is 0 Å². The molecule has 2 atom stereocenters. The largest absolute Gasteiger partial charge is 0.465 e. The van der Waals surface area contributed by atoms with Gasteiger partial charge in [-0.25, -0.2) is 0 Å². The van der Waals surface area contributed by atoms with E-state index >= 15 is 0 Å². The molecular weight excluding hydrogens is 296 g/mol. The third kappa shape index (κ3) is 6.88. The first-order valence-corrected chi connectivity index (χ1v) is 10.8. The molecule has 0 amide bonds. The second-order valence-corrected chi connectivity index (χ2v) is 11.9. The molecule has 0 N–H and O–H groups in total. The molecule has 0 saturated carbocycles. The van der Waals surface area contributed by atoms with E-state index in [1.165, 1.54) is 6.92 Å². The van der Waals surface area contributed by atoms with Crippen molar-refractivity contribution in [2.24, 2.45) is 5.92 Å². The molecule has 0 fully saturated rings. The van der Waals surface area contributed by atoms with Crippen LogP contribution in [0.15, 0.2) is 12.2 Å². The first-order valence-electron chi connectivity index (χ1n) is 7.94. The summed E-state index contributed by atoms with van der Waals surface area (Å²) in [7, 11) is -1.81. The monoisotopic (exact) mass is 328 g/mol. The fourth-order valence-corrected chi connectivity index (χ4v) is 3.12. The van der Waals surface area contributed by atoms with Crippen LogP contribution in [-0.2, 0) is 18.8 Å². The number of hydrogen-bond acceptors (Lipinski definition) is 4. The summed E-state index contributed by atoms with van der Waals surface area (Å²) in [5, 5.41) is 0.155. The van der Waals surface area contributed by atoms with E-state index < -0.39 is 20.2 Å². The van der Waals surface area contributed by atoms with Gasteiger partial charge in [-0.3, -0.25) is 9.59 Å². The highest BCUT2D eigenvalue weighted by atomic mass is 28.4. The van der Waals surface area contributed by atoms with E-state index in [0.717, 1.165) is 0 Å². The lowest BCUT2D eigenvalue weighted by Gasteiger charge is -2.37. The maximum atomic E-state index is 11.7. The van der Waals surface area contributed by atoms with Crippen LogP contribution in [0.2, 0.25) is 18.1 Å². The molecule has 0 aromatic carbocycles. The van der Waals surface area contributed by atoms with E-state index in [-0.39, 0.29) is 23.5 Å². The highest BCUT2D eigenvalue weighted by Gasteiger charge is 2.38. The standard InChI is InChI=1S/C17H32O4Si/c1-9-20-16(19)15(14(3)18)12-10-11-13(2)21-22(7,8)17(4,5)6/h10-11,13,15H,9,12H2,1-8H3/b11-10+/t13-,15?/m0/s1. The van der Waals surface area contributed by atoms with Crippen LogP contribution in [-0.4, -0.2) is 32.8 Å². The maximum Gasteiger partial charge on any atom is 0.316 e. The van der Waals surface area contributed by atoms with Crippen molar-refractivity contribution < 1.29 is 18.8 Å². The normalized spacial score (nSPS) is 15.6. The van der Waals surface area contributed by atoms with Crippen molar-refractivity contribution in [2.45, 2.75) is 72.2 Å². The third-order valence-electron chi connectivity index (χ3n) is 4.13. The van der Waals surface area contributed by atoms with Crippen LogP contribution < -0.4 is 0 Å². The Hall–Kier alpha value is -0.943. The van der Waals surface area contributed by atoms with Crippen LogP contribution in [0.5, 0.6) is 0 Å². The Morgan fingerprint density at radius 3 is 2.18 bits per heavy atom. The molecule has 0 heterocycles. The van der Waals surface area contributed by atoms with Gasteiger partial charge in [0.2, 0.25) is 0 Å². The zero-order chi connectivity index (χ0) is 17.6. The minimum atomic E-state index is -1.81. The van der Waals surface area contributed by atoms with Crippen molar-refractivity contribution in [1.29, 1.82) is 0 Å². The minimum Gasteiger partial charge on any atom is -0.465 e. The predicted molar refractivity (Wildman–Crippen MR) is 92.3 cm³/mol. The summed E-state index contributed by atoms with van der Waals surface area (Å²) in [6.45, 7) is 16.4. The molecule has 0 bridgehead atoms. The highest BCUT2D eigenvalue weighted by Crippen LogP contribution is 2.37. The van der Waals surface area contributed by atoms with Crippen molar-refractivity contribution in [3.05, 3.63) is 12.2 Å². The lowest BCUT2D eigenvalue weighted by Crippen LogP contribution is -2.42. The zero-order valence-electron chi connectivity index (χ0n) is 15.4. The van der Waals surface area contributed by atoms with Crippen LogP contribution in [0.4, 0.5) is 0 Å². The summed E-state index contributed by atoms with van der Waals surface area (Å²) in [5.41, 5.74) is 0. The van der Waals surface area contributed by atoms with Crippen LogP contribution in [0.1, 0.15) is 48.0 Å². The Balaban J connectivity index is 4.64. The number of hydrogen-bond donors (Lipinski definition) is 0. The van der Waals surface area contributed by atoms with Gasteiger partial charge in [0.15, 0.2) is 8.32 Å². The Labute approximate surface area is 136 Å². The smallest absolute Gasteiger partial charge is 0.316 e. The Morgan fingerprint density at radius 2 is 1.77 bits per heavy atom. The number of carbonyl (C=O) groups excluding carboxylic acids is 2. The van der Waals surface area contributed by atoms with Gasteiger partial charge in [0, 0.05) is 0 Å². The van der Waals surface area contributed by atoms with E-state index in [1.54, 1.807) is 6.92 Å². The van der Waals surface area contributed by atoms with Gasteiger partial charge >= 0.3 is 5.97 Å². The van der Waals surface area contributed by atoms with Gasteiger partial charge in [0.1, 0.15) is 11.7 Å². The lowest BCUT2D eigenvalue weighted by atomic mass is 10.0. The van der Waals surface area contributed by atoms with Gasteiger partial charge in [-0.2, -0.15) is 0 Å². The number of allylic oxidation sites excluding steroid dienone is 1. The molecule has 0 aliphatic rings. The molecular formula is C17H32O4Si. The number of carbonyl (C=O) groups is 2. The molecule has 0 aromatic heterocycles. The van der Waals surface area contributed by atoms with Gasteiger partial charge in [0.05, 0.1) is 12.7 Å². The second kappa shape index (κ2) is 8.63. The minimum absolute atomic E-state index is 0.0318. The first-order chi connectivity index (χ1) is 9.92. The molecule has 128 valence electrons. The number of Topliss-reactive ketones (excluding diaryl/α,β-unsaturated/α-hetero) is 1. The molecule has 0 rings (SSSR count). The van der Waals surface area contributed by atoms with Gasteiger partial charge in [0.25, 0.3) is 0 Å². The summed E-state index contributed by atoms with van der Waals surface area (Å²) in [6.07, 6.45) is 4.10. The Bertz CT molecular complexity index is 407. The molecule has 0 aromatic rings. The fourth-order valence-electron chi connectivity index (χ4n) is 1.76. The van der Waals surface area contributed by atoms with E-state index in [0.29, 0.717) is 6.42 Å². The number of rotatable bonds is 8. The topological polar surface area (TPSA) is 52.6 Å². The first kappa shape index (κ1) is 21.1. The zero-order valence-corrected chi connectivity index (χ0v) is 16.4. The summed E-state index contributed by atoms with van der Waals surface area (Å²) in [6, 6.07) is 0. The Morgan fingerprint density at radius 1 is 1.23 bits per heavy atom. The van der Waals surface area contributed by atoms with Crippen molar-refractivity contribution in [1.82, 2.24) is 0 Å². The second-order valence-electron chi connectivity index (χ2n) is 7.16. The molecule has 1 unspecified atom stereocenters. The average molecular weight is 329 g/mol. The molecule has 0 saturated heterocycles. The molecule has 0 radical (unpaired) electrons. The van der Waals surface area contributed by atoms with Gasteiger partial charge < -0.3 is 9.16 Å². The molecule has 0 aliphatic heterocycles. The molecule has 22 heavy (non-hydrogen) atoms. The highest BCUT2D eigenvalue weighted by molar-refractivity contribution is 6.74. The number of esters is 1. The van der Waals surface area contributed by atoms with Gasteiger partial charge in [-0.15, -0.1) is 0 Å². The van der Waals surface area contributed by atoms with Gasteiger partial charge in [-0.05, 0) is 45.3 Å². The third-order valence-corrected chi connectivity index (χ3v) is 8.70. The molecule has 5 heteroatoms. The van der Waals surface area contributed by atoms with E-state index in [9.17, 15) is 9.59 Å². The van der Waals surface area contributed by atoms with Crippen LogP contribution in [0, 0.1) is 5.92 Å². The molecule has 0 aliphatic carbocycles. The van der Waals surface area contributed by atoms with Crippen LogP contribution in [0.25, 0.3) is 0 Å². The molecule has 0 spiro atoms. The lowest BCUT2D eigenvalue weighted by molar-refractivity contribution is -0.150. The van der Waals surface area contributed by atoms with E-state index in [1.807, 2.05) is 19.1 Å². The van der Waals surface area contributed by atoms with Crippen molar-refractivity contribution in [3.63, 3.8) is 0 Å².